The van der Waals surface area contributed by atoms with Crippen molar-refractivity contribution in [3.05, 3.63) is 40.0 Å². The van der Waals surface area contributed by atoms with E-state index < -0.39 is 0 Å². The van der Waals surface area contributed by atoms with E-state index in [1.807, 2.05) is 0 Å². The number of rotatable bonds is 2. The lowest BCUT2D eigenvalue weighted by Crippen LogP contribution is -2.07. The quantitative estimate of drug-likeness (QED) is 0.786. The van der Waals surface area contributed by atoms with Crippen LogP contribution < -0.4 is 0 Å². The summed E-state index contributed by atoms with van der Waals surface area (Å²) < 4.78 is 7.46. The van der Waals surface area contributed by atoms with Crippen LogP contribution in [0.25, 0.3) is 0 Å². The van der Waals surface area contributed by atoms with Crippen LogP contribution in [0.2, 0.25) is 0 Å². The molecule has 0 aliphatic heterocycles. The first kappa shape index (κ1) is 10.2. The third-order valence-corrected chi connectivity index (χ3v) is 2.65. The summed E-state index contributed by atoms with van der Waals surface area (Å²) in [5.74, 6) is 0.878. The zero-order valence-electron chi connectivity index (χ0n) is 8.32. The Balaban J connectivity index is 2.45. The van der Waals surface area contributed by atoms with Gasteiger partial charge in [-0.05, 0) is 35.0 Å². The number of carbonyl (C=O) groups excluding carboxylic acids is 1. The Hall–Kier alpha value is -1.36. The average molecular weight is 269 g/mol. The predicted octanol–water partition coefficient (Wildman–Crippen LogP) is 2.32. The van der Waals surface area contributed by atoms with Crippen molar-refractivity contribution in [2.24, 2.45) is 7.05 Å². The molecule has 15 heavy (non-hydrogen) atoms. The summed E-state index contributed by atoms with van der Waals surface area (Å²) in [7, 11) is 1.72. The van der Waals surface area contributed by atoms with E-state index in [1.165, 1.54) is 4.68 Å². The molecule has 0 saturated carbocycles. The number of ketones is 1. The van der Waals surface area contributed by atoms with Gasteiger partial charge in [-0.2, -0.15) is 5.10 Å². The molecule has 0 bridgehead atoms. The van der Waals surface area contributed by atoms with E-state index in [1.54, 1.807) is 32.3 Å². The summed E-state index contributed by atoms with van der Waals surface area (Å²) in [6.07, 6.45) is 1.59. The Labute approximate surface area is 95.0 Å². The monoisotopic (exact) mass is 268 g/mol. The van der Waals surface area contributed by atoms with Crippen LogP contribution in [0, 0.1) is 6.92 Å². The topological polar surface area (TPSA) is 48.0 Å². The molecule has 0 saturated heterocycles. The van der Waals surface area contributed by atoms with E-state index in [2.05, 4.69) is 21.0 Å². The fourth-order valence-electron chi connectivity index (χ4n) is 1.34. The molecular formula is C10H9BrN2O2. The second-order valence-electron chi connectivity index (χ2n) is 3.20. The predicted molar refractivity (Wildman–Crippen MR) is 57.8 cm³/mol. The number of furan rings is 1. The highest BCUT2D eigenvalue weighted by molar-refractivity contribution is 9.10. The van der Waals surface area contributed by atoms with E-state index in [9.17, 15) is 4.79 Å². The van der Waals surface area contributed by atoms with Gasteiger partial charge in [-0.1, -0.05) is 0 Å². The summed E-state index contributed by atoms with van der Waals surface area (Å²) >= 11 is 3.28. The van der Waals surface area contributed by atoms with Gasteiger partial charge in [0.05, 0.1) is 10.7 Å². The summed E-state index contributed by atoms with van der Waals surface area (Å²) in [6.45, 7) is 1.80. The zero-order chi connectivity index (χ0) is 11.0. The molecule has 0 aliphatic carbocycles. The van der Waals surface area contributed by atoms with Crippen LogP contribution >= 0.6 is 15.9 Å². The molecule has 0 aliphatic rings. The lowest BCUT2D eigenvalue weighted by atomic mass is 10.2. The number of halogens is 1. The minimum Gasteiger partial charge on any atom is -0.458 e. The lowest BCUT2D eigenvalue weighted by Gasteiger charge is -1.98. The molecule has 0 unspecified atom stereocenters. The van der Waals surface area contributed by atoms with Gasteiger partial charge in [0.15, 0.2) is 5.76 Å². The highest BCUT2D eigenvalue weighted by atomic mass is 79.9. The summed E-state index contributed by atoms with van der Waals surface area (Å²) in [6, 6.07) is 3.43. The van der Waals surface area contributed by atoms with E-state index in [4.69, 9.17) is 4.42 Å². The zero-order valence-corrected chi connectivity index (χ0v) is 9.91. The van der Waals surface area contributed by atoms with E-state index in [0.717, 1.165) is 5.76 Å². The number of aryl methyl sites for hydroxylation is 2. The van der Waals surface area contributed by atoms with Crippen LogP contribution in [-0.2, 0) is 7.05 Å². The van der Waals surface area contributed by atoms with Crippen molar-refractivity contribution in [2.45, 2.75) is 6.92 Å². The Morgan fingerprint density at radius 3 is 2.73 bits per heavy atom. The van der Waals surface area contributed by atoms with Crippen molar-refractivity contribution in [1.82, 2.24) is 9.78 Å². The van der Waals surface area contributed by atoms with Gasteiger partial charge in [0.2, 0.25) is 5.78 Å². The molecule has 5 heteroatoms. The molecule has 2 aromatic rings. The number of hydrogen-bond acceptors (Lipinski definition) is 3. The number of nitrogens with zero attached hydrogens (tertiary/aromatic N) is 2. The minimum atomic E-state index is -0.171. The molecule has 0 N–H and O–H groups in total. The molecule has 2 rings (SSSR count). The summed E-state index contributed by atoms with van der Waals surface area (Å²) in [5, 5.41) is 3.98. The Morgan fingerprint density at radius 1 is 1.53 bits per heavy atom. The molecule has 0 atom stereocenters. The second-order valence-corrected chi connectivity index (χ2v) is 4.06. The molecule has 0 amide bonds. The molecule has 78 valence electrons. The van der Waals surface area contributed by atoms with Gasteiger partial charge >= 0.3 is 0 Å². The molecule has 4 nitrogen and oxygen atoms in total. The van der Waals surface area contributed by atoms with Crippen LogP contribution in [0.3, 0.4) is 0 Å². The number of hydrogen-bond donors (Lipinski definition) is 0. The molecule has 2 heterocycles. The fourth-order valence-corrected chi connectivity index (χ4v) is 1.87. The van der Waals surface area contributed by atoms with Gasteiger partial charge in [0.1, 0.15) is 11.5 Å². The third kappa shape index (κ3) is 1.74. The van der Waals surface area contributed by atoms with E-state index in [0.29, 0.717) is 15.9 Å². The third-order valence-electron chi connectivity index (χ3n) is 2.07. The molecule has 0 spiro atoms. The highest BCUT2D eigenvalue weighted by Gasteiger charge is 2.19. The number of aromatic nitrogens is 2. The first-order valence-electron chi connectivity index (χ1n) is 4.38. The summed E-state index contributed by atoms with van der Waals surface area (Å²) in [4.78, 5) is 12.0. The van der Waals surface area contributed by atoms with Gasteiger partial charge in [-0.25, -0.2) is 0 Å². The Kier molecular flexibility index (Phi) is 2.48. The Bertz CT molecular complexity index is 494. The lowest BCUT2D eigenvalue weighted by molar-refractivity contribution is 0.0998. The van der Waals surface area contributed by atoms with E-state index >= 15 is 0 Å². The van der Waals surface area contributed by atoms with Crippen molar-refractivity contribution < 1.29 is 9.21 Å². The van der Waals surface area contributed by atoms with Crippen LogP contribution in [0.5, 0.6) is 0 Å². The van der Waals surface area contributed by atoms with Gasteiger partial charge in [0.25, 0.3) is 0 Å². The maximum absolute atomic E-state index is 12.0. The normalized spacial score (nSPS) is 10.6. The van der Waals surface area contributed by atoms with E-state index in [-0.39, 0.29) is 5.78 Å². The molecule has 2 aromatic heterocycles. The molecule has 0 radical (unpaired) electrons. The Morgan fingerprint density at radius 2 is 2.27 bits per heavy atom. The van der Waals surface area contributed by atoms with Gasteiger partial charge in [-0.15, -0.1) is 0 Å². The van der Waals surface area contributed by atoms with Gasteiger partial charge in [0, 0.05) is 7.05 Å². The average Bonchev–Trinajstić information content (AvgIpc) is 2.73. The first-order valence-corrected chi connectivity index (χ1v) is 5.17. The molecule has 0 aromatic carbocycles. The molecular weight excluding hydrogens is 260 g/mol. The SMILES string of the molecule is Cc1ccc(C(=O)c2c(Br)cnn2C)o1. The largest absolute Gasteiger partial charge is 0.458 e. The van der Waals surface area contributed by atoms with Crippen molar-refractivity contribution in [3.8, 4) is 0 Å². The van der Waals surface area contributed by atoms with Crippen LogP contribution in [0.15, 0.2) is 27.2 Å². The number of carbonyl (C=O) groups is 1. The maximum atomic E-state index is 12.0. The maximum Gasteiger partial charge on any atom is 0.247 e. The van der Waals surface area contributed by atoms with Crippen molar-refractivity contribution in [3.63, 3.8) is 0 Å². The summed E-state index contributed by atoms with van der Waals surface area (Å²) in [5.41, 5.74) is 0.490. The smallest absolute Gasteiger partial charge is 0.247 e. The van der Waals surface area contributed by atoms with Gasteiger partial charge < -0.3 is 4.42 Å². The fraction of sp³-hybridized carbons (Fsp3) is 0.200. The first-order chi connectivity index (χ1) is 7.09. The highest BCUT2D eigenvalue weighted by Crippen LogP contribution is 2.20. The van der Waals surface area contributed by atoms with Gasteiger partial charge in [-0.3, -0.25) is 9.48 Å². The van der Waals surface area contributed by atoms with Crippen LogP contribution in [-0.4, -0.2) is 15.6 Å². The second kappa shape index (κ2) is 3.66. The minimum absolute atomic E-state index is 0.171. The molecule has 0 fully saturated rings. The van der Waals surface area contributed by atoms with Crippen molar-refractivity contribution >= 4 is 21.7 Å². The van der Waals surface area contributed by atoms with Crippen molar-refractivity contribution in [2.75, 3.05) is 0 Å². The van der Waals surface area contributed by atoms with Crippen molar-refractivity contribution in [1.29, 1.82) is 0 Å². The standard InChI is InChI=1S/C10H9BrN2O2/c1-6-3-4-8(15-6)10(14)9-7(11)5-12-13(9)2/h3-5H,1-2H3. The van der Waals surface area contributed by atoms with Crippen LogP contribution in [0.4, 0.5) is 0 Å². The van der Waals surface area contributed by atoms with Crippen LogP contribution in [0.1, 0.15) is 22.0 Å².